The monoisotopic (exact) mass is 638 g/mol. The number of hydrogen-bond donors (Lipinski definition) is 8. The summed E-state index contributed by atoms with van der Waals surface area (Å²) in [5.74, 6) is -5.87. The van der Waals surface area contributed by atoms with E-state index in [2.05, 4.69) is 0 Å². The van der Waals surface area contributed by atoms with Crippen LogP contribution in [0.25, 0.3) is 0 Å². The van der Waals surface area contributed by atoms with E-state index < -0.39 is 88.5 Å². The van der Waals surface area contributed by atoms with Crippen LogP contribution in [0.1, 0.15) is 38.5 Å². The van der Waals surface area contributed by atoms with E-state index >= 15 is 0 Å². The molecular formula is C14H30N2O14P4S2+2. The van der Waals surface area contributed by atoms with Gasteiger partial charge in [-0.15, -0.1) is 0 Å². The second-order valence-corrected chi connectivity index (χ2v) is 18.2. The van der Waals surface area contributed by atoms with Crippen molar-refractivity contribution >= 4 is 64.1 Å². The maximum absolute atomic E-state index is 12.8. The molecular weight excluding hydrogens is 608 g/mol. The third kappa shape index (κ3) is 6.47. The van der Waals surface area contributed by atoms with Crippen LogP contribution in [0.3, 0.4) is 0 Å². The van der Waals surface area contributed by atoms with E-state index in [1.54, 1.807) is 0 Å². The summed E-state index contributed by atoms with van der Waals surface area (Å²) < 4.78 is 44.6. The topological polar surface area (TPSA) is 264 Å². The van der Waals surface area contributed by atoms with Gasteiger partial charge in [0.2, 0.25) is 11.6 Å². The van der Waals surface area contributed by atoms with E-state index in [-0.39, 0.29) is 37.2 Å². The van der Waals surface area contributed by atoms with Gasteiger partial charge in [0.1, 0.15) is 0 Å². The Morgan fingerprint density at radius 1 is 0.639 bits per heavy atom. The predicted octanol–water partition coefficient (Wildman–Crippen LogP) is 0.615. The zero-order valence-corrected chi connectivity index (χ0v) is 24.0. The van der Waals surface area contributed by atoms with Crippen LogP contribution < -0.4 is 0 Å². The quantitative estimate of drug-likeness (QED) is 0.0875. The summed E-state index contributed by atoms with van der Waals surface area (Å²) in [6.45, 7) is -0.845. The minimum Gasteiger partial charge on any atom is -0.320 e. The van der Waals surface area contributed by atoms with Gasteiger partial charge in [-0.3, -0.25) is 28.7 Å². The van der Waals surface area contributed by atoms with Gasteiger partial charge in [0.05, 0.1) is 25.9 Å². The van der Waals surface area contributed by atoms with Crippen LogP contribution in [0.15, 0.2) is 0 Å². The molecule has 210 valence electrons. The van der Waals surface area contributed by atoms with Crippen molar-refractivity contribution in [1.29, 1.82) is 0 Å². The van der Waals surface area contributed by atoms with Gasteiger partial charge in [0.25, 0.3) is 0 Å². The van der Waals surface area contributed by atoms with Gasteiger partial charge >= 0.3 is 42.5 Å². The zero-order valence-electron chi connectivity index (χ0n) is 18.8. The molecule has 2 aliphatic rings. The van der Waals surface area contributed by atoms with Crippen molar-refractivity contribution < 1.29 is 75.5 Å². The Kier molecular flexibility index (Phi) is 10.5. The van der Waals surface area contributed by atoms with Crippen LogP contribution in [0.2, 0.25) is 0 Å². The van der Waals surface area contributed by atoms with E-state index in [1.165, 1.54) is 0 Å². The lowest BCUT2D eigenvalue weighted by atomic mass is 10.4. The molecule has 2 rings (SSSR count). The highest BCUT2D eigenvalue weighted by atomic mass is 33.1. The highest BCUT2D eigenvalue weighted by Crippen LogP contribution is 2.65. The fourth-order valence-corrected chi connectivity index (χ4v) is 13.4. The molecule has 0 aromatic carbocycles. The van der Waals surface area contributed by atoms with Crippen LogP contribution >= 0.6 is 52.3 Å². The molecule has 0 spiro atoms. The molecule has 0 aliphatic carbocycles. The summed E-state index contributed by atoms with van der Waals surface area (Å²) in [4.78, 5) is 103. The molecule has 8 N–H and O–H groups in total. The largest absolute Gasteiger partial charge is 0.534 e. The Bertz CT molecular complexity index is 972. The lowest BCUT2D eigenvalue weighted by Crippen LogP contribution is -2.52. The van der Waals surface area contributed by atoms with Crippen molar-refractivity contribution in [2.24, 2.45) is 0 Å². The van der Waals surface area contributed by atoms with Crippen molar-refractivity contribution in [3.63, 3.8) is 0 Å². The Balaban J connectivity index is 1.98. The second kappa shape index (κ2) is 11.6. The van der Waals surface area contributed by atoms with Crippen molar-refractivity contribution in [3.05, 3.63) is 0 Å². The van der Waals surface area contributed by atoms with Crippen LogP contribution in [-0.4, -0.2) is 95.6 Å². The van der Waals surface area contributed by atoms with Crippen LogP contribution in [0.4, 0.5) is 0 Å². The first-order valence-corrected chi connectivity index (χ1v) is 19.5. The predicted molar refractivity (Wildman–Crippen MR) is 129 cm³/mol. The summed E-state index contributed by atoms with van der Waals surface area (Å²) in [6.07, 6.45) is -1.30. The highest BCUT2D eigenvalue weighted by molar-refractivity contribution is 8.76. The SMILES string of the molecule is O=C(CCSSCCC(=O)[N+]1(P(=O)(O)O)CCCC1P(=O)(O)O)[N+]1(P(=O)(O)O)CCCC1P(=O)(O)O. The van der Waals surface area contributed by atoms with Gasteiger partial charge in [0, 0.05) is 37.2 Å². The summed E-state index contributed by atoms with van der Waals surface area (Å²) in [6, 6.07) is 0. The molecule has 0 aromatic heterocycles. The molecule has 2 heterocycles. The van der Waals surface area contributed by atoms with E-state index in [0.717, 1.165) is 21.6 Å². The standard InChI is InChI=1S/C14H28N2O14P4S2/c17-11(15(33(25,26)27)7-1-3-13(15)31(19,20)21)5-9-35-36-10-6-12(18)16(34(28,29)30)8-2-4-14(16)32(22,23)24/h13-14H,1-10H2,(H6-2,19,20,21,22,23,24,25,26,27,28,29,30)/p+2. The fraction of sp³-hybridized carbons (Fsp3) is 0.857. The molecule has 2 aliphatic heterocycles. The lowest BCUT2D eigenvalue weighted by Gasteiger charge is -2.36. The molecule has 16 nitrogen and oxygen atoms in total. The number of amides is 2. The molecule has 2 saturated heterocycles. The van der Waals surface area contributed by atoms with E-state index in [4.69, 9.17) is 0 Å². The van der Waals surface area contributed by atoms with Gasteiger partial charge in [-0.25, -0.2) is 18.7 Å². The highest BCUT2D eigenvalue weighted by Gasteiger charge is 2.66. The minimum atomic E-state index is -5.29. The number of nitrogens with zero attached hydrogens (tertiary/aromatic N) is 2. The average Bonchev–Trinajstić information content (AvgIpc) is 3.35. The van der Waals surface area contributed by atoms with Crippen LogP contribution in [0.5, 0.6) is 0 Å². The third-order valence-corrected chi connectivity index (χ3v) is 15.3. The van der Waals surface area contributed by atoms with Gasteiger partial charge in [0.15, 0.2) is 0 Å². The number of quaternary nitrogens is 2. The normalized spacial score (nSPS) is 30.0. The minimum absolute atomic E-state index is 0.0335. The summed E-state index contributed by atoms with van der Waals surface area (Å²) >= 11 is 0. The first-order chi connectivity index (χ1) is 16.2. The number of rotatable bonds is 11. The number of carbonyl (C=O) groups is 2. The third-order valence-electron chi connectivity index (χ3n) is 6.36. The maximum atomic E-state index is 12.8. The van der Waals surface area contributed by atoms with Gasteiger partial charge in [-0.05, 0) is 0 Å². The van der Waals surface area contributed by atoms with Gasteiger partial charge < -0.3 is 19.6 Å². The van der Waals surface area contributed by atoms with Crippen molar-refractivity contribution in [2.75, 3.05) is 24.6 Å². The molecule has 2 amide bonds. The Morgan fingerprint density at radius 2 is 0.944 bits per heavy atom. The summed E-state index contributed by atoms with van der Waals surface area (Å²) in [5.41, 5.74) is 0. The molecule has 0 aromatic rings. The van der Waals surface area contributed by atoms with Gasteiger partial charge in [-0.1, -0.05) is 21.6 Å². The molecule has 0 saturated carbocycles. The molecule has 0 radical (unpaired) electrons. The Labute approximate surface area is 214 Å². The van der Waals surface area contributed by atoms with Crippen molar-refractivity contribution in [3.8, 4) is 0 Å². The first kappa shape index (κ1) is 32.8. The number of carbonyl (C=O) groups excluding carboxylic acids is 2. The average molecular weight is 638 g/mol. The fourth-order valence-electron chi connectivity index (χ4n) is 4.83. The molecule has 2 fully saturated rings. The van der Waals surface area contributed by atoms with Crippen LogP contribution in [-0.2, 0) is 27.8 Å². The molecule has 36 heavy (non-hydrogen) atoms. The Hall–Kier alpha value is 0.560. The van der Waals surface area contributed by atoms with Crippen molar-refractivity contribution in [2.45, 2.75) is 50.1 Å². The second-order valence-electron chi connectivity index (χ2n) is 8.48. The maximum Gasteiger partial charge on any atom is 0.534 e. The van der Waals surface area contributed by atoms with E-state index in [1.807, 2.05) is 0 Å². The van der Waals surface area contributed by atoms with Gasteiger partial charge in [-0.2, -0.15) is 8.51 Å². The lowest BCUT2D eigenvalue weighted by molar-refractivity contribution is -0.746. The molecule has 0 bridgehead atoms. The summed E-state index contributed by atoms with van der Waals surface area (Å²) in [5, 5.41) is 0. The van der Waals surface area contributed by atoms with E-state index in [9.17, 15) is 67.0 Å². The Morgan fingerprint density at radius 3 is 1.19 bits per heavy atom. The molecule has 22 heteroatoms. The first-order valence-electron chi connectivity index (χ1n) is 10.5. The number of hydrogen-bond acceptors (Lipinski definition) is 8. The van der Waals surface area contributed by atoms with E-state index in [0.29, 0.717) is 0 Å². The zero-order chi connectivity index (χ0) is 27.8. The number of likely N-dealkylation sites (tertiary alicyclic amines) is 2. The smallest absolute Gasteiger partial charge is 0.320 e. The molecule has 4 unspecified atom stereocenters. The van der Waals surface area contributed by atoms with Crippen molar-refractivity contribution in [1.82, 2.24) is 0 Å². The summed E-state index contributed by atoms with van der Waals surface area (Å²) in [7, 11) is -18.6. The van der Waals surface area contributed by atoms with Crippen LogP contribution in [0, 0.1) is 0 Å². The molecule has 4 atom stereocenters.